The summed E-state index contributed by atoms with van der Waals surface area (Å²) in [7, 11) is 0. The van der Waals surface area contributed by atoms with Crippen molar-refractivity contribution in [3.05, 3.63) is 38.8 Å². The molecule has 0 aliphatic heterocycles. The van der Waals surface area contributed by atoms with E-state index in [9.17, 15) is 0 Å². The molecule has 19 heavy (non-hydrogen) atoms. The fourth-order valence-corrected chi connectivity index (χ4v) is 2.75. The van der Waals surface area contributed by atoms with Gasteiger partial charge in [0.25, 0.3) is 0 Å². The molecule has 0 aliphatic carbocycles. The van der Waals surface area contributed by atoms with Crippen molar-refractivity contribution in [3.63, 3.8) is 0 Å². The molecule has 0 amide bonds. The van der Waals surface area contributed by atoms with Gasteiger partial charge in [0.2, 0.25) is 4.73 Å². The fraction of sp³-hybridized carbons (Fsp3) is 0.333. The van der Waals surface area contributed by atoms with E-state index in [0.717, 1.165) is 29.9 Å². The van der Waals surface area contributed by atoms with Gasteiger partial charge in [0.1, 0.15) is 5.75 Å². The molecule has 102 valence electrons. The van der Waals surface area contributed by atoms with E-state index in [1.807, 2.05) is 28.9 Å². The van der Waals surface area contributed by atoms with E-state index in [2.05, 4.69) is 41.9 Å². The van der Waals surface area contributed by atoms with Crippen LogP contribution in [0.4, 0.5) is 0 Å². The van der Waals surface area contributed by atoms with Crippen LogP contribution in [0.15, 0.2) is 33.7 Å². The average Bonchev–Trinajstić information content (AvgIpc) is 2.68. The Labute approximate surface area is 133 Å². The van der Waals surface area contributed by atoms with E-state index >= 15 is 0 Å². The number of aryl methyl sites for hydroxylation is 1. The molecular formula is C12H12Br2ClN3O. The number of aromatic nitrogens is 3. The SMILES string of the molecule is Clc1cccc(OCCCCn2nc(Br)nc2Br)c1. The van der Waals surface area contributed by atoms with Crippen LogP contribution in [-0.2, 0) is 6.54 Å². The van der Waals surface area contributed by atoms with E-state index in [4.69, 9.17) is 16.3 Å². The molecule has 0 N–H and O–H groups in total. The Kier molecular flexibility index (Phi) is 5.66. The van der Waals surface area contributed by atoms with Crippen molar-refractivity contribution in [3.8, 4) is 5.75 Å². The van der Waals surface area contributed by atoms with Crippen LogP contribution in [0.5, 0.6) is 5.75 Å². The molecule has 1 heterocycles. The first-order chi connectivity index (χ1) is 9.15. The molecule has 7 heteroatoms. The summed E-state index contributed by atoms with van der Waals surface area (Å²) in [6.07, 6.45) is 1.91. The molecule has 0 bridgehead atoms. The first kappa shape index (κ1) is 14.8. The molecule has 0 aliphatic rings. The summed E-state index contributed by atoms with van der Waals surface area (Å²) in [4.78, 5) is 4.11. The van der Waals surface area contributed by atoms with Crippen LogP contribution >= 0.6 is 43.5 Å². The van der Waals surface area contributed by atoms with Gasteiger partial charge in [-0.05, 0) is 62.9 Å². The summed E-state index contributed by atoms with van der Waals surface area (Å²) in [5.74, 6) is 0.803. The molecule has 0 spiro atoms. The van der Waals surface area contributed by atoms with Gasteiger partial charge in [-0.2, -0.15) is 4.98 Å². The first-order valence-corrected chi connectivity index (χ1v) is 7.76. The molecule has 0 atom stereocenters. The number of nitrogens with zero attached hydrogens (tertiary/aromatic N) is 3. The number of rotatable bonds is 6. The summed E-state index contributed by atoms with van der Waals surface area (Å²) in [5.41, 5.74) is 0. The lowest BCUT2D eigenvalue weighted by Crippen LogP contribution is -2.04. The molecule has 0 radical (unpaired) electrons. The monoisotopic (exact) mass is 407 g/mol. The van der Waals surface area contributed by atoms with Gasteiger partial charge in [-0.15, -0.1) is 5.10 Å². The standard InChI is InChI=1S/C12H12Br2ClN3O/c13-11-16-12(14)18(17-11)6-1-2-7-19-10-5-3-4-9(15)8-10/h3-5,8H,1-2,6-7H2. The lowest BCUT2D eigenvalue weighted by atomic mass is 10.3. The molecule has 2 rings (SSSR count). The summed E-state index contributed by atoms with van der Waals surface area (Å²) in [6, 6.07) is 7.42. The van der Waals surface area contributed by atoms with Crippen molar-refractivity contribution < 1.29 is 4.74 Å². The van der Waals surface area contributed by atoms with Gasteiger partial charge in [0.05, 0.1) is 6.61 Å². The van der Waals surface area contributed by atoms with Crippen LogP contribution in [-0.4, -0.2) is 21.4 Å². The minimum Gasteiger partial charge on any atom is -0.494 e. The van der Waals surface area contributed by atoms with Crippen molar-refractivity contribution in [2.75, 3.05) is 6.61 Å². The molecule has 1 aromatic heterocycles. The second-order valence-electron chi connectivity index (χ2n) is 3.89. The van der Waals surface area contributed by atoms with E-state index in [1.54, 1.807) is 0 Å². The molecule has 0 saturated heterocycles. The highest BCUT2D eigenvalue weighted by Gasteiger charge is 2.04. The van der Waals surface area contributed by atoms with Crippen molar-refractivity contribution in [1.82, 2.24) is 14.8 Å². The zero-order valence-corrected chi connectivity index (χ0v) is 13.9. The van der Waals surface area contributed by atoms with Gasteiger partial charge in [0, 0.05) is 11.6 Å². The number of benzene rings is 1. The van der Waals surface area contributed by atoms with Crippen LogP contribution in [0.2, 0.25) is 5.02 Å². The van der Waals surface area contributed by atoms with Crippen LogP contribution < -0.4 is 4.74 Å². The van der Waals surface area contributed by atoms with Crippen molar-refractivity contribution in [1.29, 1.82) is 0 Å². The highest BCUT2D eigenvalue weighted by Crippen LogP contribution is 2.17. The van der Waals surface area contributed by atoms with Gasteiger partial charge >= 0.3 is 0 Å². The van der Waals surface area contributed by atoms with Crippen LogP contribution in [0, 0.1) is 0 Å². The number of hydrogen-bond donors (Lipinski definition) is 0. The normalized spacial score (nSPS) is 10.7. The summed E-state index contributed by atoms with van der Waals surface area (Å²) in [6.45, 7) is 1.46. The quantitative estimate of drug-likeness (QED) is 0.668. The molecule has 0 saturated carbocycles. The number of unbranched alkanes of at least 4 members (excludes halogenated alkanes) is 1. The maximum atomic E-state index is 5.88. The van der Waals surface area contributed by atoms with Crippen molar-refractivity contribution in [2.24, 2.45) is 0 Å². The second-order valence-corrected chi connectivity index (χ2v) is 5.74. The predicted octanol–water partition coefficient (Wildman–Crippen LogP) is 4.32. The maximum absolute atomic E-state index is 5.88. The molecule has 1 aromatic carbocycles. The zero-order chi connectivity index (χ0) is 13.7. The number of ether oxygens (including phenoxy) is 1. The van der Waals surface area contributed by atoms with Gasteiger partial charge < -0.3 is 4.74 Å². The Morgan fingerprint density at radius 2 is 2.11 bits per heavy atom. The van der Waals surface area contributed by atoms with E-state index in [1.165, 1.54) is 0 Å². The van der Waals surface area contributed by atoms with Gasteiger partial charge in [-0.1, -0.05) is 17.7 Å². The van der Waals surface area contributed by atoms with Gasteiger partial charge in [-0.3, -0.25) is 0 Å². The Morgan fingerprint density at radius 1 is 1.26 bits per heavy atom. The first-order valence-electron chi connectivity index (χ1n) is 5.79. The second kappa shape index (κ2) is 7.26. The van der Waals surface area contributed by atoms with Crippen LogP contribution in [0.3, 0.4) is 0 Å². The molecule has 0 fully saturated rings. The Balaban J connectivity index is 1.69. The van der Waals surface area contributed by atoms with Crippen LogP contribution in [0.25, 0.3) is 0 Å². The molecule has 2 aromatic rings. The molecule has 0 unspecified atom stereocenters. The van der Waals surface area contributed by atoms with Crippen molar-refractivity contribution >= 4 is 43.5 Å². The maximum Gasteiger partial charge on any atom is 0.218 e. The Hall–Kier alpha value is -0.590. The third-order valence-electron chi connectivity index (χ3n) is 2.43. The smallest absolute Gasteiger partial charge is 0.218 e. The van der Waals surface area contributed by atoms with Gasteiger partial charge in [0.15, 0.2) is 4.73 Å². The highest BCUT2D eigenvalue weighted by atomic mass is 79.9. The summed E-state index contributed by atoms with van der Waals surface area (Å²) >= 11 is 12.5. The fourth-order valence-electron chi connectivity index (χ4n) is 1.55. The molecular weight excluding hydrogens is 397 g/mol. The van der Waals surface area contributed by atoms with E-state index in [-0.39, 0.29) is 0 Å². The largest absolute Gasteiger partial charge is 0.494 e. The van der Waals surface area contributed by atoms with Crippen LogP contribution in [0.1, 0.15) is 12.8 Å². The number of halogens is 3. The van der Waals surface area contributed by atoms with E-state index < -0.39 is 0 Å². The highest BCUT2D eigenvalue weighted by molar-refractivity contribution is 9.11. The lowest BCUT2D eigenvalue weighted by molar-refractivity contribution is 0.301. The minimum atomic E-state index is 0.592. The minimum absolute atomic E-state index is 0.592. The van der Waals surface area contributed by atoms with Gasteiger partial charge in [-0.25, -0.2) is 4.68 Å². The Morgan fingerprint density at radius 3 is 2.79 bits per heavy atom. The van der Waals surface area contributed by atoms with Crippen molar-refractivity contribution in [2.45, 2.75) is 19.4 Å². The van der Waals surface area contributed by atoms with E-state index in [0.29, 0.717) is 16.4 Å². The topological polar surface area (TPSA) is 39.9 Å². The Bertz CT molecular complexity index is 548. The predicted molar refractivity (Wildman–Crippen MR) is 81.6 cm³/mol. The number of hydrogen-bond acceptors (Lipinski definition) is 3. The third kappa shape index (κ3) is 4.78. The zero-order valence-electron chi connectivity index (χ0n) is 10.0. The average molecular weight is 410 g/mol. The summed E-state index contributed by atoms with van der Waals surface area (Å²) < 4.78 is 8.74. The third-order valence-corrected chi connectivity index (χ3v) is 3.59. The lowest BCUT2D eigenvalue weighted by Gasteiger charge is -2.06. The molecule has 4 nitrogen and oxygen atoms in total. The summed E-state index contributed by atoms with van der Waals surface area (Å²) in [5, 5.41) is 4.88.